The van der Waals surface area contributed by atoms with E-state index in [9.17, 15) is 9.90 Å². The highest BCUT2D eigenvalue weighted by Crippen LogP contribution is 2.49. The standard InChI is InChI=1S/C26H25NO2S/c1-26(2,25(28)29)30-24-23(21-10-6-7-11-22(21)27(24)3)20-15-14-17(16-12-13-16)18-8-4-5-9-19(18)20/h4-11,14-16H,12-13H2,1-3H3,(H,28,29). The SMILES string of the molecule is Cn1c(SC(C)(C)C(=O)O)c(-c2ccc(C3CC3)c3ccccc23)c2ccccc21. The second-order valence-corrected chi connectivity index (χ2v) is 10.3. The summed E-state index contributed by atoms with van der Waals surface area (Å²) in [4.78, 5) is 11.9. The molecule has 0 aliphatic heterocycles. The molecule has 3 nitrogen and oxygen atoms in total. The average Bonchev–Trinajstić information content (AvgIpc) is 3.54. The molecular weight excluding hydrogens is 390 g/mol. The Bertz CT molecular complexity index is 1300. The van der Waals surface area contributed by atoms with Crippen molar-refractivity contribution in [1.29, 1.82) is 0 Å². The van der Waals surface area contributed by atoms with E-state index in [2.05, 4.69) is 59.2 Å². The molecule has 30 heavy (non-hydrogen) atoms. The highest BCUT2D eigenvalue weighted by Gasteiger charge is 2.33. The molecule has 152 valence electrons. The molecule has 1 N–H and O–H groups in total. The predicted octanol–water partition coefficient (Wildman–Crippen LogP) is 6.83. The monoisotopic (exact) mass is 415 g/mol. The van der Waals surface area contributed by atoms with Crippen LogP contribution in [0.2, 0.25) is 0 Å². The quantitative estimate of drug-likeness (QED) is 0.363. The molecule has 1 aromatic heterocycles. The number of fused-ring (bicyclic) bond motifs is 2. The Kier molecular flexibility index (Phi) is 4.44. The molecule has 0 saturated heterocycles. The molecule has 0 radical (unpaired) electrons. The Morgan fingerprint density at radius 3 is 2.27 bits per heavy atom. The highest BCUT2D eigenvalue weighted by molar-refractivity contribution is 8.01. The fourth-order valence-electron chi connectivity index (χ4n) is 4.33. The van der Waals surface area contributed by atoms with Gasteiger partial charge in [0.25, 0.3) is 0 Å². The number of hydrogen-bond donors (Lipinski definition) is 1. The number of benzene rings is 3. The third kappa shape index (κ3) is 3.02. The van der Waals surface area contributed by atoms with E-state index in [0.717, 1.165) is 21.5 Å². The zero-order valence-electron chi connectivity index (χ0n) is 17.5. The number of rotatable bonds is 5. The van der Waals surface area contributed by atoms with E-state index in [0.29, 0.717) is 5.92 Å². The van der Waals surface area contributed by atoms with Crippen molar-refractivity contribution in [2.45, 2.75) is 42.4 Å². The van der Waals surface area contributed by atoms with Gasteiger partial charge in [0.05, 0.1) is 5.03 Å². The van der Waals surface area contributed by atoms with Crippen molar-refractivity contribution in [3.63, 3.8) is 0 Å². The van der Waals surface area contributed by atoms with Gasteiger partial charge in [-0.15, -0.1) is 0 Å². The Morgan fingerprint density at radius 2 is 1.60 bits per heavy atom. The minimum absolute atomic E-state index is 0.677. The molecule has 1 heterocycles. The second kappa shape index (κ2) is 6.92. The van der Waals surface area contributed by atoms with Gasteiger partial charge < -0.3 is 9.67 Å². The van der Waals surface area contributed by atoms with Gasteiger partial charge in [0, 0.05) is 23.5 Å². The fraction of sp³-hybridized carbons (Fsp3) is 0.269. The molecule has 0 atom stereocenters. The average molecular weight is 416 g/mol. The maximum atomic E-state index is 11.9. The van der Waals surface area contributed by atoms with Crippen molar-refractivity contribution in [1.82, 2.24) is 4.57 Å². The summed E-state index contributed by atoms with van der Waals surface area (Å²) in [5.41, 5.74) is 4.86. The molecule has 1 fully saturated rings. The summed E-state index contributed by atoms with van der Waals surface area (Å²) in [6.45, 7) is 3.55. The lowest BCUT2D eigenvalue weighted by molar-refractivity contribution is -0.138. The molecule has 0 spiro atoms. The van der Waals surface area contributed by atoms with Gasteiger partial charge >= 0.3 is 5.97 Å². The predicted molar refractivity (Wildman–Crippen MR) is 125 cm³/mol. The van der Waals surface area contributed by atoms with Gasteiger partial charge in [-0.1, -0.05) is 66.4 Å². The minimum atomic E-state index is -0.930. The van der Waals surface area contributed by atoms with Crippen LogP contribution in [0.1, 0.15) is 38.2 Å². The highest BCUT2D eigenvalue weighted by atomic mass is 32.2. The zero-order chi connectivity index (χ0) is 21.0. The molecule has 4 heteroatoms. The van der Waals surface area contributed by atoms with E-state index in [-0.39, 0.29) is 0 Å². The number of aliphatic carboxylic acids is 1. The molecule has 1 saturated carbocycles. The van der Waals surface area contributed by atoms with Crippen molar-refractivity contribution in [3.05, 3.63) is 66.2 Å². The summed E-state index contributed by atoms with van der Waals surface area (Å²) in [6, 6.07) is 21.5. The minimum Gasteiger partial charge on any atom is -0.480 e. The van der Waals surface area contributed by atoms with Crippen molar-refractivity contribution in [3.8, 4) is 11.1 Å². The number of thioether (sulfide) groups is 1. The summed E-state index contributed by atoms with van der Waals surface area (Å²) >= 11 is 1.42. The number of nitrogens with zero attached hydrogens (tertiary/aromatic N) is 1. The molecule has 1 aliphatic carbocycles. The number of carboxylic acid groups (broad SMARTS) is 1. The molecule has 4 aromatic rings. The summed E-state index contributed by atoms with van der Waals surface area (Å²) in [5, 5.41) is 14.5. The topological polar surface area (TPSA) is 42.2 Å². The molecular formula is C26H25NO2S. The third-order valence-corrected chi connectivity index (χ3v) is 7.52. The summed E-state index contributed by atoms with van der Waals surface area (Å²) in [5.74, 6) is -0.131. The summed E-state index contributed by atoms with van der Waals surface area (Å²) < 4.78 is 1.21. The first kappa shape index (κ1) is 19.3. The lowest BCUT2D eigenvalue weighted by atomic mass is 9.93. The zero-order valence-corrected chi connectivity index (χ0v) is 18.3. The van der Waals surface area contributed by atoms with Crippen molar-refractivity contribution in [2.75, 3.05) is 0 Å². The number of carbonyl (C=O) groups is 1. The molecule has 1 aliphatic rings. The van der Waals surface area contributed by atoms with E-state index >= 15 is 0 Å². The fourth-order valence-corrected chi connectivity index (χ4v) is 5.45. The number of aromatic nitrogens is 1. The van der Waals surface area contributed by atoms with Crippen LogP contribution in [-0.4, -0.2) is 20.4 Å². The molecule has 3 aromatic carbocycles. The van der Waals surface area contributed by atoms with Crippen molar-refractivity contribution in [2.24, 2.45) is 7.05 Å². The van der Waals surface area contributed by atoms with Crippen LogP contribution in [-0.2, 0) is 11.8 Å². The van der Waals surface area contributed by atoms with E-state index in [1.807, 2.05) is 13.1 Å². The lowest BCUT2D eigenvalue weighted by Gasteiger charge is -2.21. The molecule has 5 rings (SSSR count). The molecule has 0 unspecified atom stereocenters. The van der Waals surface area contributed by atoms with Gasteiger partial charge in [0.1, 0.15) is 4.75 Å². The van der Waals surface area contributed by atoms with Gasteiger partial charge in [-0.2, -0.15) is 0 Å². The second-order valence-electron chi connectivity index (χ2n) is 8.70. The third-order valence-electron chi connectivity index (χ3n) is 6.16. The number of para-hydroxylation sites is 1. The first-order valence-corrected chi connectivity index (χ1v) is 11.2. The summed E-state index contributed by atoms with van der Waals surface area (Å²) in [6.07, 6.45) is 2.54. The number of aryl methyl sites for hydroxylation is 1. The maximum Gasteiger partial charge on any atom is 0.319 e. The Balaban J connectivity index is 1.82. The van der Waals surface area contributed by atoms with Crippen LogP contribution in [0.4, 0.5) is 0 Å². The van der Waals surface area contributed by atoms with Gasteiger partial charge in [-0.3, -0.25) is 4.79 Å². The Hall–Kier alpha value is -2.72. The largest absolute Gasteiger partial charge is 0.480 e. The number of carboxylic acids is 1. The molecule has 0 bridgehead atoms. The van der Waals surface area contributed by atoms with Gasteiger partial charge in [-0.25, -0.2) is 0 Å². The van der Waals surface area contributed by atoms with Crippen LogP contribution in [0, 0.1) is 0 Å². The maximum absolute atomic E-state index is 11.9. The van der Waals surface area contributed by atoms with Gasteiger partial charge in [0.2, 0.25) is 0 Å². The van der Waals surface area contributed by atoms with Crippen LogP contribution in [0.3, 0.4) is 0 Å². The lowest BCUT2D eigenvalue weighted by Crippen LogP contribution is -2.27. The summed E-state index contributed by atoms with van der Waals surface area (Å²) in [7, 11) is 2.03. The van der Waals surface area contributed by atoms with E-state index in [1.165, 1.54) is 46.5 Å². The Labute approximate surface area is 180 Å². The number of hydrogen-bond acceptors (Lipinski definition) is 2. The van der Waals surface area contributed by atoms with Crippen LogP contribution < -0.4 is 0 Å². The van der Waals surface area contributed by atoms with E-state index in [1.54, 1.807) is 13.8 Å². The Morgan fingerprint density at radius 1 is 0.967 bits per heavy atom. The normalized spacial score (nSPS) is 14.5. The van der Waals surface area contributed by atoms with Crippen LogP contribution >= 0.6 is 11.8 Å². The van der Waals surface area contributed by atoms with E-state index in [4.69, 9.17) is 0 Å². The first-order chi connectivity index (χ1) is 14.4. The van der Waals surface area contributed by atoms with Crippen molar-refractivity contribution >= 4 is 39.4 Å². The van der Waals surface area contributed by atoms with Crippen LogP contribution in [0.5, 0.6) is 0 Å². The van der Waals surface area contributed by atoms with Crippen molar-refractivity contribution < 1.29 is 9.90 Å². The van der Waals surface area contributed by atoms with Crippen LogP contribution in [0.15, 0.2) is 65.7 Å². The van der Waals surface area contributed by atoms with E-state index < -0.39 is 10.7 Å². The smallest absolute Gasteiger partial charge is 0.319 e. The van der Waals surface area contributed by atoms with Crippen LogP contribution in [0.25, 0.3) is 32.8 Å². The van der Waals surface area contributed by atoms with Gasteiger partial charge in [-0.05, 0) is 60.6 Å². The molecule has 0 amide bonds. The first-order valence-electron chi connectivity index (χ1n) is 10.4. The van der Waals surface area contributed by atoms with Gasteiger partial charge in [0.15, 0.2) is 0 Å².